The van der Waals surface area contributed by atoms with Crippen molar-refractivity contribution in [3.63, 3.8) is 0 Å². The molecular weight excluding hydrogens is 172 g/mol. The highest BCUT2D eigenvalue weighted by atomic mass is 15.0. The number of terminal acetylenes is 1. The molecule has 2 nitrogen and oxygen atoms in total. The molecule has 0 aromatic carbocycles. The van der Waals surface area contributed by atoms with Crippen LogP contribution in [0.3, 0.4) is 0 Å². The second-order valence-electron chi connectivity index (χ2n) is 4.24. The third-order valence-corrected chi connectivity index (χ3v) is 2.26. The van der Waals surface area contributed by atoms with Gasteiger partial charge in [-0.25, -0.2) is 0 Å². The summed E-state index contributed by atoms with van der Waals surface area (Å²) >= 11 is 0. The Kier molecular flexibility index (Phi) is 7.55. The Balaban J connectivity index is 3.95. The molecule has 0 bridgehead atoms. The van der Waals surface area contributed by atoms with E-state index in [9.17, 15) is 0 Å². The van der Waals surface area contributed by atoms with Crippen molar-refractivity contribution < 1.29 is 0 Å². The summed E-state index contributed by atoms with van der Waals surface area (Å²) in [5.74, 6) is 3.44. The minimum Gasteiger partial charge on any atom is -0.329 e. The summed E-state index contributed by atoms with van der Waals surface area (Å²) in [4.78, 5) is 0. The Morgan fingerprint density at radius 3 is 2.43 bits per heavy atom. The van der Waals surface area contributed by atoms with Crippen LogP contribution in [0.4, 0.5) is 0 Å². The van der Waals surface area contributed by atoms with E-state index < -0.39 is 0 Å². The van der Waals surface area contributed by atoms with Gasteiger partial charge in [-0.05, 0) is 18.8 Å². The fourth-order valence-electron chi connectivity index (χ4n) is 1.59. The van der Waals surface area contributed by atoms with E-state index in [0.717, 1.165) is 19.3 Å². The van der Waals surface area contributed by atoms with Gasteiger partial charge >= 0.3 is 0 Å². The monoisotopic (exact) mass is 196 g/mol. The maximum absolute atomic E-state index is 5.69. The van der Waals surface area contributed by atoms with Gasteiger partial charge in [0.05, 0.1) is 6.04 Å². The van der Waals surface area contributed by atoms with Crippen molar-refractivity contribution in [3.05, 3.63) is 0 Å². The van der Waals surface area contributed by atoms with E-state index in [2.05, 4.69) is 32.0 Å². The van der Waals surface area contributed by atoms with Crippen molar-refractivity contribution in [1.82, 2.24) is 5.32 Å². The predicted octanol–water partition coefficient (Wildman–Crippen LogP) is 1.75. The van der Waals surface area contributed by atoms with Gasteiger partial charge in [0.15, 0.2) is 0 Å². The van der Waals surface area contributed by atoms with E-state index >= 15 is 0 Å². The van der Waals surface area contributed by atoms with Gasteiger partial charge in [0.1, 0.15) is 0 Å². The van der Waals surface area contributed by atoms with Crippen LogP contribution in [0.5, 0.6) is 0 Å². The fourth-order valence-corrected chi connectivity index (χ4v) is 1.59. The molecule has 14 heavy (non-hydrogen) atoms. The molecule has 0 radical (unpaired) electrons. The first-order valence-corrected chi connectivity index (χ1v) is 5.56. The first-order chi connectivity index (χ1) is 6.63. The van der Waals surface area contributed by atoms with Crippen LogP contribution in [0, 0.1) is 18.3 Å². The number of rotatable bonds is 7. The minimum atomic E-state index is 0.187. The van der Waals surface area contributed by atoms with Gasteiger partial charge < -0.3 is 5.73 Å². The molecule has 2 heteroatoms. The van der Waals surface area contributed by atoms with Gasteiger partial charge in [0, 0.05) is 12.6 Å². The summed E-state index contributed by atoms with van der Waals surface area (Å²) in [6, 6.07) is 0.551. The quantitative estimate of drug-likeness (QED) is 0.609. The zero-order valence-electron chi connectivity index (χ0n) is 9.72. The molecule has 3 N–H and O–H groups in total. The van der Waals surface area contributed by atoms with Crippen molar-refractivity contribution in [2.24, 2.45) is 11.7 Å². The lowest BCUT2D eigenvalue weighted by Gasteiger charge is -2.22. The highest BCUT2D eigenvalue weighted by Crippen LogP contribution is 2.06. The summed E-state index contributed by atoms with van der Waals surface area (Å²) < 4.78 is 0. The summed E-state index contributed by atoms with van der Waals surface area (Å²) in [6.45, 7) is 7.22. The molecule has 0 amide bonds. The molecule has 82 valence electrons. The standard InChI is InChI=1S/C12H24N2/c1-5-7-11(6-2)14-12(9-13)8-10(3)4/h2,10-12,14H,5,7-9,13H2,1,3-4H3. The lowest BCUT2D eigenvalue weighted by molar-refractivity contribution is 0.395. The van der Waals surface area contributed by atoms with Gasteiger partial charge in [-0.1, -0.05) is 33.1 Å². The van der Waals surface area contributed by atoms with E-state index in [0.29, 0.717) is 18.5 Å². The van der Waals surface area contributed by atoms with E-state index in [1.165, 1.54) is 0 Å². The Bertz CT molecular complexity index is 170. The van der Waals surface area contributed by atoms with Gasteiger partial charge in [-0.2, -0.15) is 0 Å². The molecular formula is C12H24N2. The zero-order valence-corrected chi connectivity index (χ0v) is 9.72. The van der Waals surface area contributed by atoms with Crippen LogP contribution in [0.15, 0.2) is 0 Å². The third-order valence-electron chi connectivity index (χ3n) is 2.26. The smallest absolute Gasteiger partial charge is 0.0689 e. The Labute approximate surface area is 88.6 Å². The van der Waals surface area contributed by atoms with E-state index in [1.807, 2.05) is 0 Å². The number of hydrogen-bond acceptors (Lipinski definition) is 2. The summed E-state index contributed by atoms with van der Waals surface area (Å²) in [7, 11) is 0. The Hall–Kier alpha value is -0.520. The Morgan fingerprint density at radius 2 is 2.07 bits per heavy atom. The second-order valence-corrected chi connectivity index (χ2v) is 4.24. The van der Waals surface area contributed by atoms with Gasteiger partial charge in [0.2, 0.25) is 0 Å². The number of nitrogens with one attached hydrogen (secondary N) is 1. The van der Waals surface area contributed by atoms with E-state index in [-0.39, 0.29) is 6.04 Å². The molecule has 0 aromatic heterocycles. The maximum atomic E-state index is 5.69. The molecule has 0 saturated heterocycles. The van der Waals surface area contributed by atoms with Crippen LogP contribution in [-0.4, -0.2) is 18.6 Å². The molecule has 0 rings (SSSR count). The van der Waals surface area contributed by atoms with Gasteiger partial charge in [-0.3, -0.25) is 5.32 Å². The van der Waals surface area contributed by atoms with Crippen LogP contribution < -0.4 is 11.1 Å². The number of nitrogens with two attached hydrogens (primary N) is 1. The van der Waals surface area contributed by atoms with Crippen LogP contribution in [0.25, 0.3) is 0 Å². The SMILES string of the molecule is C#CC(CCC)NC(CN)CC(C)C. The molecule has 2 atom stereocenters. The average molecular weight is 196 g/mol. The van der Waals surface area contributed by atoms with Crippen molar-refractivity contribution in [2.45, 2.75) is 52.1 Å². The van der Waals surface area contributed by atoms with E-state index in [4.69, 9.17) is 12.2 Å². The molecule has 0 saturated carbocycles. The van der Waals surface area contributed by atoms with Crippen LogP contribution >= 0.6 is 0 Å². The zero-order chi connectivity index (χ0) is 11.0. The lowest BCUT2D eigenvalue weighted by Crippen LogP contribution is -2.42. The van der Waals surface area contributed by atoms with Crippen LogP contribution in [-0.2, 0) is 0 Å². The molecule has 0 aliphatic carbocycles. The van der Waals surface area contributed by atoms with Crippen molar-refractivity contribution in [3.8, 4) is 12.3 Å². The largest absolute Gasteiger partial charge is 0.329 e. The normalized spacial score (nSPS) is 15.1. The van der Waals surface area contributed by atoms with Crippen molar-refractivity contribution in [1.29, 1.82) is 0 Å². The first-order valence-electron chi connectivity index (χ1n) is 5.56. The predicted molar refractivity (Wildman–Crippen MR) is 63.0 cm³/mol. The fraction of sp³-hybridized carbons (Fsp3) is 0.833. The molecule has 0 heterocycles. The second kappa shape index (κ2) is 7.84. The van der Waals surface area contributed by atoms with E-state index in [1.54, 1.807) is 0 Å². The molecule has 0 aliphatic rings. The highest BCUT2D eigenvalue weighted by Gasteiger charge is 2.12. The lowest BCUT2D eigenvalue weighted by atomic mass is 10.0. The minimum absolute atomic E-state index is 0.187. The third kappa shape index (κ3) is 6.01. The van der Waals surface area contributed by atoms with Gasteiger partial charge in [0.25, 0.3) is 0 Å². The molecule has 0 aliphatic heterocycles. The summed E-state index contributed by atoms with van der Waals surface area (Å²) in [5, 5.41) is 3.42. The topological polar surface area (TPSA) is 38.0 Å². The number of hydrogen-bond donors (Lipinski definition) is 2. The Morgan fingerprint density at radius 1 is 1.43 bits per heavy atom. The average Bonchev–Trinajstić information content (AvgIpc) is 2.15. The molecule has 2 unspecified atom stereocenters. The van der Waals surface area contributed by atoms with Crippen LogP contribution in [0.2, 0.25) is 0 Å². The summed E-state index contributed by atoms with van der Waals surface area (Å²) in [5.41, 5.74) is 5.69. The van der Waals surface area contributed by atoms with Crippen molar-refractivity contribution >= 4 is 0 Å². The van der Waals surface area contributed by atoms with Crippen molar-refractivity contribution in [2.75, 3.05) is 6.54 Å². The first kappa shape index (κ1) is 13.5. The maximum Gasteiger partial charge on any atom is 0.0689 e. The highest BCUT2D eigenvalue weighted by molar-refractivity contribution is 4.99. The van der Waals surface area contributed by atoms with Gasteiger partial charge in [-0.15, -0.1) is 6.42 Å². The van der Waals surface area contributed by atoms with Crippen LogP contribution in [0.1, 0.15) is 40.0 Å². The molecule has 0 aromatic rings. The summed E-state index contributed by atoms with van der Waals surface area (Å²) in [6.07, 6.45) is 8.68. The molecule has 0 fully saturated rings. The molecule has 0 spiro atoms.